The van der Waals surface area contributed by atoms with E-state index in [2.05, 4.69) is 14.5 Å². The van der Waals surface area contributed by atoms with Crippen LogP contribution in [0.15, 0.2) is 11.4 Å². The number of hydrogen-bond donors (Lipinski definition) is 1. The first kappa shape index (κ1) is 16.9. The minimum absolute atomic E-state index is 0.239. The summed E-state index contributed by atoms with van der Waals surface area (Å²) in [6.45, 7) is -1.31. The average molecular weight is 320 g/mol. The van der Waals surface area contributed by atoms with E-state index >= 15 is 0 Å². The lowest BCUT2D eigenvalue weighted by Gasteiger charge is -2.20. The Labute approximate surface area is 121 Å². The number of nitrogen functional groups attached to an aromatic ring is 1. The zero-order valence-corrected chi connectivity index (χ0v) is 12.6. The number of carbonyl (C=O) groups excluding carboxylic acids is 2. The first-order valence-corrected chi connectivity index (χ1v) is 7.08. The molecule has 0 saturated heterocycles. The Hall–Kier alpha value is -2.14. The molecule has 0 spiro atoms. The number of esters is 2. The van der Waals surface area contributed by atoms with Gasteiger partial charge in [-0.25, -0.2) is 13.4 Å². The third-order valence-electron chi connectivity index (χ3n) is 2.56. The quantitative estimate of drug-likeness (QED) is 0.615. The number of anilines is 1. The Morgan fingerprint density at radius 1 is 1.29 bits per heavy atom. The van der Waals surface area contributed by atoms with E-state index in [0.29, 0.717) is 4.31 Å². The molecule has 118 valence electrons. The van der Waals surface area contributed by atoms with Gasteiger partial charge in [0, 0.05) is 7.05 Å². The molecule has 0 radical (unpaired) electrons. The maximum absolute atomic E-state index is 12.5. The van der Waals surface area contributed by atoms with E-state index < -0.39 is 35.1 Å². The van der Waals surface area contributed by atoms with Crippen LogP contribution in [0.1, 0.15) is 0 Å². The molecule has 0 saturated carbocycles. The SMILES string of the molecule is COC(=O)CN(CC(=O)OC)S(=O)(=O)c1c(N)ncn1C. The highest BCUT2D eigenvalue weighted by atomic mass is 32.2. The monoisotopic (exact) mass is 320 g/mol. The van der Waals surface area contributed by atoms with Gasteiger partial charge in [-0.2, -0.15) is 4.31 Å². The van der Waals surface area contributed by atoms with Crippen molar-refractivity contribution >= 4 is 27.8 Å². The third kappa shape index (κ3) is 3.70. The van der Waals surface area contributed by atoms with Gasteiger partial charge >= 0.3 is 11.9 Å². The first-order chi connectivity index (χ1) is 9.73. The summed E-state index contributed by atoms with van der Waals surface area (Å²) in [4.78, 5) is 26.4. The number of nitrogens with zero attached hydrogens (tertiary/aromatic N) is 3. The Balaban J connectivity index is 3.23. The fourth-order valence-electron chi connectivity index (χ4n) is 1.52. The highest BCUT2D eigenvalue weighted by Gasteiger charge is 2.33. The van der Waals surface area contributed by atoms with Crippen molar-refractivity contribution in [1.29, 1.82) is 0 Å². The maximum Gasteiger partial charge on any atom is 0.321 e. The molecule has 0 aromatic carbocycles. The number of aromatic nitrogens is 2. The number of hydrogen-bond acceptors (Lipinski definition) is 8. The van der Waals surface area contributed by atoms with E-state index in [1.807, 2.05) is 0 Å². The van der Waals surface area contributed by atoms with Gasteiger partial charge in [-0.3, -0.25) is 9.59 Å². The third-order valence-corrected chi connectivity index (χ3v) is 4.48. The van der Waals surface area contributed by atoms with E-state index in [0.717, 1.165) is 14.2 Å². The van der Waals surface area contributed by atoms with Crippen LogP contribution in [0.25, 0.3) is 0 Å². The highest BCUT2D eigenvalue weighted by Crippen LogP contribution is 2.20. The van der Waals surface area contributed by atoms with E-state index in [-0.39, 0.29) is 10.8 Å². The zero-order valence-electron chi connectivity index (χ0n) is 11.8. The molecule has 0 atom stereocenters. The van der Waals surface area contributed by atoms with Crippen molar-refractivity contribution in [2.75, 3.05) is 33.0 Å². The molecule has 0 bridgehead atoms. The summed E-state index contributed by atoms with van der Waals surface area (Å²) >= 11 is 0. The average Bonchev–Trinajstić information content (AvgIpc) is 2.77. The largest absolute Gasteiger partial charge is 0.468 e. The molecule has 0 aliphatic rings. The second kappa shape index (κ2) is 6.54. The fourth-order valence-corrected chi connectivity index (χ4v) is 3.04. The molecule has 2 N–H and O–H groups in total. The van der Waals surface area contributed by atoms with Crippen LogP contribution in [0.2, 0.25) is 0 Å². The Kier molecular flexibility index (Phi) is 5.27. The summed E-state index contributed by atoms with van der Waals surface area (Å²) in [6.07, 6.45) is 1.21. The van der Waals surface area contributed by atoms with Crippen molar-refractivity contribution in [3.8, 4) is 0 Å². The number of aryl methyl sites for hydroxylation is 1. The van der Waals surface area contributed by atoms with Crippen LogP contribution in [0.4, 0.5) is 5.82 Å². The summed E-state index contributed by atoms with van der Waals surface area (Å²) in [5, 5.41) is -0.324. The molecule has 0 aliphatic heterocycles. The van der Waals surface area contributed by atoms with Gasteiger partial charge in [0.25, 0.3) is 10.0 Å². The van der Waals surface area contributed by atoms with E-state index in [9.17, 15) is 18.0 Å². The summed E-state index contributed by atoms with van der Waals surface area (Å²) < 4.78 is 35.6. The number of nitrogens with two attached hydrogens (primary N) is 1. The summed E-state index contributed by atoms with van der Waals surface area (Å²) in [5.74, 6) is -1.90. The topological polar surface area (TPSA) is 134 Å². The smallest absolute Gasteiger partial charge is 0.321 e. The van der Waals surface area contributed by atoms with Crippen LogP contribution in [0, 0.1) is 0 Å². The fraction of sp³-hybridized carbons (Fsp3) is 0.500. The number of rotatable bonds is 6. The minimum Gasteiger partial charge on any atom is -0.468 e. The lowest BCUT2D eigenvalue weighted by atomic mass is 10.6. The molecule has 1 aromatic rings. The number of carbonyl (C=O) groups is 2. The summed E-state index contributed by atoms with van der Waals surface area (Å²) in [5.41, 5.74) is 5.52. The zero-order chi connectivity index (χ0) is 16.2. The molecule has 21 heavy (non-hydrogen) atoms. The second-order valence-electron chi connectivity index (χ2n) is 3.97. The van der Waals surface area contributed by atoms with Crippen molar-refractivity contribution in [2.24, 2.45) is 7.05 Å². The molecule has 1 rings (SSSR count). The van der Waals surface area contributed by atoms with Gasteiger partial charge in [-0.05, 0) is 0 Å². The molecule has 10 nitrogen and oxygen atoms in total. The van der Waals surface area contributed by atoms with Crippen molar-refractivity contribution < 1.29 is 27.5 Å². The Morgan fingerprint density at radius 2 is 1.76 bits per heavy atom. The lowest BCUT2D eigenvalue weighted by Crippen LogP contribution is -2.41. The van der Waals surface area contributed by atoms with Gasteiger partial charge in [0.15, 0.2) is 10.8 Å². The van der Waals surface area contributed by atoms with Gasteiger partial charge in [0.2, 0.25) is 0 Å². The second-order valence-corrected chi connectivity index (χ2v) is 5.82. The van der Waals surface area contributed by atoms with Gasteiger partial charge < -0.3 is 19.8 Å². The van der Waals surface area contributed by atoms with Gasteiger partial charge in [-0.15, -0.1) is 0 Å². The molecule has 0 amide bonds. The Morgan fingerprint density at radius 3 is 2.10 bits per heavy atom. The van der Waals surface area contributed by atoms with Crippen molar-refractivity contribution in [3.05, 3.63) is 6.33 Å². The predicted molar refractivity (Wildman–Crippen MR) is 70.4 cm³/mol. The molecular weight excluding hydrogens is 304 g/mol. The summed E-state index contributed by atoms with van der Waals surface area (Å²) in [6, 6.07) is 0. The van der Waals surface area contributed by atoms with Crippen LogP contribution in [-0.2, 0) is 36.1 Å². The van der Waals surface area contributed by atoms with E-state index in [4.69, 9.17) is 5.73 Å². The molecule has 1 aromatic heterocycles. The van der Waals surface area contributed by atoms with Crippen LogP contribution in [0.3, 0.4) is 0 Å². The minimum atomic E-state index is -4.22. The number of methoxy groups -OCH3 is 2. The van der Waals surface area contributed by atoms with Crippen LogP contribution < -0.4 is 5.73 Å². The normalized spacial score (nSPS) is 11.4. The van der Waals surface area contributed by atoms with Crippen molar-refractivity contribution in [1.82, 2.24) is 13.9 Å². The van der Waals surface area contributed by atoms with Crippen molar-refractivity contribution in [3.63, 3.8) is 0 Å². The lowest BCUT2D eigenvalue weighted by molar-refractivity contribution is -0.143. The Bertz CT molecular complexity index is 600. The number of imidazole rings is 1. The molecule has 0 aliphatic carbocycles. The molecular formula is C10H16N4O6S. The van der Waals surface area contributed by atoms with Gasteiger partial charge in [-0.1, -0.05) is 0 Å². The molecule has 0 fully saturated rings. The predicted octanol–water partition coefficient (Wildman–Crippen LogP) is -1.66. The van der Waals surface area contributed by atoms with E-state index in [1.54, 1.807) is 0 Å². The van der Waals surface area contributed by atoms with Crippen LogP contribution >= 0.6 is 0 Å². The maximum atomic E-state index is 12.5. The van der Waals surface area contributed by atoms with E-state index in [1.165, 1.54) is 17.9 Å². The first-order valence-electron chi connectivity index (χ1n) is 5.64. The molecule has 0 unspecified atom stereocenters. The number of sulfonamides is 1. The van der Waals surface area contributed by atoms with Gasteiger partial charge in [0.1, 0.15) is 13.1 Å². The number of ether oxygens (including phenoxy) is 2. The highest BCUT2D eigenvalue weighted by molar-refractivity contribution is 7.89. The van der Waals surface area contributed by atoms with Crippen LogP contribution in [0.5, 0.6) is 0 Å². The summed E-state index contributed by atoms with van der Waals surface area (Å²) in [7, 11) is -0.599. The standard InChI is InChI=1S/C10H16N4O6S/c1-13-6-12-9(11)10(13)21(17,18)14(4-7(15)19-2)5-8(16)20-3/h6H,4-5,11H2,1-3H3. The molecule has 1 heterocycles. The van der Waals surface area contributed by atoms with Crippen LogP contribution in [-0.4, -0.2) is 61.5 Å². The molecule has 11 heteroatoms. The van der Waals surface area contributed by atoms with Gasteiger partial charge in [0.05, 0.1) is 20.5 Å². The van der Waals surface area contributed by atoms with Crippen molar-refractivity contribution in [2.45, 2.75) is 5.03 Å².